The predicted molar refractivity (Wildman–Crippen MR) is 144 cm³/mol. The highest BCUT2D eigenvalue weighted by molar-refractivity contribution is 7.89. The number of ether oxygens (including phenoxy) is 1. The zero-order valence-corrected chi connectivity index (χ0v) is 22.8. The van der Waals surface area contributed by atoms with Gasteiger partial charge in [-0.15, -0.1) is 11.3 Å². The summed E-state index contributed by atoms with van der Waals surface area (Å²) >= 11 is 1.50. The zero-order valence-electron chi connectivity index (χ0n) is 21.2. The molecular weight excluding hydrogens is 496 g/mol. The van der Waals surface area contributed by atoms with E-state index in [1.807, 2.05) is 57.5 Å². The number of hydrogen-bond donors (Lipinski definition) is 2. The van der Waals surface area contributed by atoms with E-state index in [1.165, 1.54) is 15.6 Å². The van der Waals surface area contributed by atoms with Gasteiger partial charge in [0.25, 0.3) is 0 Å². The van der Waals surface area contributed by atoms with E-state index in [0.717, 1.165) is 33.1 Å². The molecule has 10 heteroatoms. The van der Waals surface area contributed by atoms with Gasteiger partial charge >= 0.3 is 0 Å². The van der Waals surface area contributed by atoms with Crippen molar-refractivity contribution in [2.75, 3.05) is 37.9 Å². The standard InChI is InChI=1S/C26H32N4O4S2/c1-16-11-17(2)24(18(3)12-16)36(32,33)30-10-6-7-20(14-30)25(31)28-21-13-19(8-9-23(21)34-5)22-15-35-26(27-4)29-22/h8-9,11-13,15,20H,6-7,10,14H2,1-5H3,(H,27,29)(H,28,31)/t20-/m1/s1. The highest BCUT2D eigenvalue weighted by atomic mass is 32.2. The summed E-state index contributed by atoms with van der Waals surface area (Å²) in [6, 6.07) is 9.29. The number of anilines is 2. The van der Waals surface area contributed by atoms with Gasteiger partial charge in [0.15, 0.2) is 5.13 Å². The number of amides is 1. The molecule has 1 aliphatic rings. The number of methoxy groups -OCH3 is 1. The van der Waals surface area contributed by atoms with Crippen molar-refractivity contribution in [2.45, 2.75) is 38.5 Å². The smallest absolute Gasteiger partial charge is 0.243 e. The number of nitrogens with one attached hydrogen (secondary N) is 2. The normalized spacial score (nSPS) is 16.5. The number of aromatic nitrogens is 1. The molecule has 8 nitrogen and oxygen atoms in total. The molecule has 1 aromatic heterocycles. The lowest BCUT2D eigenvalue weighted by atomic mass is 9.98. The van der Waals surface area contributed by atoms with Crippen LogP contribution < -0.4 is 15.4 Å². The lowest BCUT2D eigenvalue weighted by Gasteiger charge is -2.32. The third-order valence-corrected chi connectivity index (χ3v) is 9.46. The van der Waals surface area contributed by atoms with E-state index in [0.29, 0.717) is 35.7 Å². The molecule has 192 valence electrons. The molecule has 0 saturated carbocycles. The molecule has 2 aromatic carbocycles. The van der Waals surface area contributed by atoms with Crippen LogP contribution in [0.4, 0.5) is 10.8 Å². The molecule has 36 heavy (non-hydrogen) atoms. The number of nitrogens with zero attached hydrogens (tertiary/aromatic N) is 2. The van der Waals surface area contributed by atoms with Crippen molar-refractivity contribution in [3.05, 3.63) is 52.4 Å². The SMILES string of the molecule is CNc1nc(-c2ccc(OC)c(NC(=O)[C@@H]3CCCN(S(=O)(=O)c4c(C)cc(C)cc4C)C3)c2)cs1. The first-order valence-electron chi connectivity index (χ1n) is 11.8. The summed E-state index contributed by atoms with van der Waals surface area (Å²) in [6.45, 7) is 6.13. The van der Waals surface area contributed by atoms with Crippen LogP contribution in [0.5, 0.6) is 5.75 Å². The summed E-state index contributed by atoms with van der Waals surface area (Å²) < 4.78 is 34.0. The van der Waals surface area contributed by atoms with E-state index < -0.39 is 15.9 Å². The Bertz CT molecular complexity index is 1360. The van der Waals surface area contributed by atoms with Crippen LogP contribution in [0, 0.1) is 26.7 Å². The second kappa shape index (κ2) is 10.6. The second-order valence-electron chi connectivity index (χ2n) is 9.12. The molecule has 0 unspecified atom stereocenters. The van der Waals surface area contributed by atoms with E-state index in [2.05, 4.69) is 15.6 Å². The molecule has 2 heterocycles. The molecule has 0 radical (unpaired) electrons. The van der Waals surface area contributed by atoms with Gasteiger partial charge in [0.05, 0.1) is 29.3 Å². The molecule has 1 fully saturated rings. The summed E-state index contributed by atoms with van der Waals surface area (Å²) in [6.07, 6.45) is 1.23. The van der Waals surface area contributed by atoms with E-state index in [4.69, 9.17) is 4.74 Å². The van der Waals surface area contributed by atoms with Gasteiger partial charge in [0.1, 0.15) is 5.75 Å². The van der Waals surface area contributed by atoms with Crippen molar-refractivity contribution in [1.82, 2.24) is 9.29 Å². The summed E-state index contributed by atoms with van der Waals surface area (Å²) in [5, 5.41) is 8.75. The van der Waals surface area contributed by atoms with Crippen LogP contribution in [-0.4, -0.2) is 50.9 Å². The highest BCUT2D eigenvalue weighted by Crippen LogP contribution is 2.34. The van der Waals surface area contributed by atoms with Crippen molar-refractivity contribution in [3.8, 4) is 17.0 Å². The number of hydrogen-bond acceptors (Lipinski definition) is 7. The van der Waals surface area contributed by atoms with Gasteiger partial charge in [-0.3, -0.25) is 4.79 Å². The van der Waals surface area contributed by atoms with Crippen LogP contribution in [0.25, 0.3) is 11.3 Å². The maximum atomic E-state index is 13.6. The Balaban J connectivity index is 1.55. The zero-order chi connectivity index (χ0) is 26.0. The van der Waals surface area contributed by atoms with E-state index in [-0.39, 0.29) is 12.5 Å². The fraction of sp³-hybridized carbons (Fsp3) is 0.385. The first-order valence-corrected chi connectivity index (χ1v) is 14.2. The number of piperidine rings is 1. The molecular formula is C26H32N4O4S2. The predicted octanol–water partition coefficient (Wildman–Crippen LogP) is 4.83. The topological polar surface area (TPSA) is 101 Å². The van der Waals surface area contributed by atoms with Gasteiger partial charge in [0.2, 0.25) is 15.9 Å². The number of carbonyl (C=O) groups excluding carboxylic acids is 1. The van der Waals surface area contributed by atoms with Gasteiger partial charge in [-0.2, -0.15) is 4.31 Å². The van der Waals surface area contributed by atoms with Gasteiger partial charge in [-0.05, 0) is 62.9 Å². The van der Waals surface area contributed by atoms with Crippen molar-refractivity contribution in [2.24, 2.45) is 5.92 Å². The largest absolute Gasteiger partial charge is 0.495 e. The first kappa shape index (κ1) is 26.1. The van der Waals surface area contributed by atoms with Gasteiger partial charge in [-0.25, -0.2) is 13.4 Å². The van der Waals surface area contributed by atoms with Crippen LogP contribution in [0.3, 0.4) is 0 Å². The summed E-state index contributed by atoms with van der Waals surface area (Å²) in [5.74, 6) is -0.164. The Morgan fingerprint density at radius 1 is 1.17 bits per heavy atom. The third kappa shape index (κ3) is 5.25. The third-order valence-electron chi connectivity index (χ3n) is 6.43. The molecule has 4 rings (SSSR count). The quantitative estimate of drug-likeness (QED) is 0.456. The fourth-order valence-electron chi connectivity index (χ4n) is 4.80. The number of aryl methyl sites for hydroxylation is 3. The maximum Gasteiger partial charge on any atom is 0.243 e. The monoisotopic (exact) mass is 528 g/mol. The minimum absolute atomic E-state index is 0.139. The second-order valence-corrected chi connectivity index (χ2v) is 11.9. The molecule has 1 aliphatic heterocycles. The first-order chi connectivity index (χ1) is 17.1. The minimum atomic E-state index is -3.72. The minimum Gasteiger partial charge on any atom is -0.495 e. The summed E-state index contributed by atoms with van der Waals surface area (Å²) in [4.78, 5) is 18.2. The summed E-state index contributed by atoms with van der Waals surface area (Å²) in [7, 11) is -0.353. The van der Waals surface area contributed by atoms with Crippen molar-refractivity contribution >= 4 is 38.1 Å². The Morgan fingerprint density at radius 2 is 1.89 bits per heavy atom. The molecule has 1 amide bonds. The Hall–Kier alpha value is -2.95. The molecule has 0 bridgehead atoms. The molecule has 0 spiro atoms. The van der Waals surface area contributed by atoms with Crippen molar-refractivity contribution in [3.63, 3.8) is 0 Å². The van der Waals surface area contributed by atoms with Crippen molar-refractivity contribution < 1.29 is 17.9 Å². The fourth-order valence-corrected chi connectivity index (χ4v) is 7.41. The molecule has 0 aliphatic carbocycles. The van der Waals surface area contributed by atoms with E-state index >= 15 is 0 Å². The molecule has 1 atom stereocenters. The number of sulfonamides is 1. The lowest BCUT2D eigenvalue weighted by Crippen LogP contribution is -2.44. The van der Waals surface area contributed by atoms with E-state index in [1.54, 1.807) is 13.2 Å². The van der Waals surface area contributed by atoms with Crippen LogP contribution in [-0.2, 0) is 14.8 Å². The molecule has 3 aromatic rings. The van der Waals surface area contributed by atoms with Crippen LogP contribution in [0.1, 0.15) is 29.5 Å². The van der Waals surface area contributed by atoms with Crippen molar-refractivity contribution in [1.29, 1.82) is 0 Å². The average Bonchev–Trinajstić information content (AvgIpc) is 3.33. The Labute approximate surface area is 216 Å². The van der Waals surface area contributed by atoms with Gasteiger partial charge in [-0.1, -0.05) is 17.7 Å². The Kier molecular flexibility index (Phi) is 7.67. The number of thiazole rings is 1. The van der Waals surface area contributed by atoms with Gasteiger partial charge in [0, 0.05) is 31.1 Å². The van der Waals surface area contributed by atoms with Gasteiger partial charge < -0.3 is 15.4 Å². The summed E-state index contributed by atoms with van der Waals surface area (Å²) in [5.41, 5.74) is 4.65. The number of rotatable bonds is 7. The lowest BCUT2D eigenvalue weighted by molar-refractivity contribution is -0.120. The van der Waals surface area contributed by atoms with Crippen LogP contribution >= 0.6 is 11.3 Å². The highest BCUT2D eigenvalue weighted by Gasteiger charge is 2.35. The average molecular weight is 529 g/mol. The van der Waals surface area contributed by atoms with E-state index in [9.17, 15) is 13.2 Å². The molecule has 1 saturated heterocycles. The molecule has 2 N–H and O–H groups in total. The van der Waals surface area contributed by atoms with Crippen LogP contribution in [0.15, 0.2) is 40.6 Å². The maximum absolute atomic E-state index is 13.6. The number of benzene rings is 2. The Morgan fingerprint density at radius 3 is 2.53 bits per heavy atom. The number of carbonyl (C=O) groups is 1. The van der Waals surface area contributed by atoms with Crippen LogP contribution in [0.2, 0.25) is 0 Å².